The van der Waals surface area contributed by atoms with Crippen molar-refractivity contribution in [3.05, 3.63) is 59.7 Å². The molecule has 0 saturated heterocycles. The highest BCUT2D eigenvalue weighted by Gasteiger charge is 2.28. The summed E-state index contributed by atoms with van der Waals surface area (Å²) in [6.45, 7) is 5.44. The van der Waals surface area contributed by atoms with E-state index >= 15 is 0 Å². The van der Waals surface area contributed by atoms with Gasteiger partial charge >= 0.3 is 13.8 Å². The van der Waals surface area contributed by atoms with Gasteiger partial charge in [0.1, 0.15) is 11.5 Å². The van der Waals surface area contributed by atoms with Crippen molar-refractivity contribution in [1.29, 1.82) is 0 Å². The molecule has 0 saturated carbocycles. The number of esters is 1. The molecular weight excluding hydrogens is 415 g/mol. The Labute approximate surface area is 175 Å². The number of hydrogen-bond donors (Lipinski definition) is 0. The Hall–Kier alpha value is -2.55. The standard InChI is InChI=1S/C18H19O9P.C2H6/c1-14(20)26-18-9-5-16(6-10-18)12-25-28(21,27-22-2)24-11-15-3-7-17(8-4-15)23-13-19;1-2/h3-10,13H,11-12H2,1-2H3;1-2H3. The monoisotopic (exact) mass is 440 g/mol. The molecule has 2 aromatic carbocycles. The molecule has 10 heteroatoms. The smallest absolute Gasteiger partial charge is 0.429 e. The molecule has 0 N–H and O–H groups in total. The second kappa shape index (κ2) is 13.6. The van der Waals surface area contributed by atoms with Crippen molar-refractivity contribution in [1.82, 2.24) is 0 Å². The van der Waals surface area contributed by atoms with Crippen LogP contribution in [0.5, 0.6) is 11.5 Å². The van der Waals surface area contributed by atoms with Gasteiger partial charge in [0.15, 0.2) is 0 Å². The Kier molecular flexibility index (Phi) is 11.6. The highest BCUT2D eigenvalue weighted by molar-refractivity contribution is 7.48. The fourth-order valence-corrected chi connectivity index (χ4v) is 2.98. The van der Waals surface area contributed by atoms with E-state index in [4.69, 9.17) is 13.8 Å². The van der Waals surface area contributed by atoms with Crippen LogP contribution in [0, 0.1) is 0 Å². The van der Waals surface area contributed by atoms with Gasteiger partial charge in [0, 0.05) is 6.92 Å². The molecule has 0 aliphatic carbocycles. The summed E-state index contributed by atoms with van der Waals surface area (Å²) in [6, 6.07) is 12.8. The van der Waals surface area contributed by atoms with Crippen molar-refractivity contribution in [2.24, 2.45) is 0 Å². The lowest BCUT2D eigenvalue weighted by molar-refractivity contribution is -0.202. The van der Waals surface area contributed by atoms with Crippen molar-refractivity contribution >= 4 is 20.3 Å². The van der Waals surface area contributed by atoms with E-state index in [1.165, 1.54) is 14.0 Å². The number of rotatable bonds is 11. The molecule has 164 valence electrons. The van der Waals surface area contributed by atoms with Crippen molar-refractivity contribution in [2.75, 3.05) is 7.11 Å². The van der Waals surface area contributed by atoms with Gasteiger partial charge in [-0.05, 0) is 35.4 Å². The molecule has 2 aromatic rings. The van der Waals surface area contributed by atoms with Crippen molar-refractivity contribution in [2.45, 2.75) is 34.0 Å². The summed E-state index contributed by atoms with van der Waals surface area (Å²) in [4.78, 5) is 25.7. The topological polar surface area (TPSA) is 107 Å². The summed E-state index contributed by atoms with van der Waals surface area (Å²) in [5.41, 5.74) is 1.29. The van der Waals surface area contributed by atoms with E-state index in [2.05, 4.69) is 14.3 Å². The summed E-state index contributed by atoms with van der Waals surface area (Å²) < 4.78 is 37.4. The Morgan fingerprint density at radius 3 is 1.77 bits per heavy atom. The van der Waals surface area contributed by atoms with Crippen LogP contribution in [0.25, 0.3) is 0 Å². The van der Waals surface area contributed by atoms with Crippen molar-refractivity contribution < 1.29 is 42.2 Å². The lowest BCUT2D eigenvalue weighted by Crippen LogP contribution is -2.02. The van der Waals surface area contributed by atoms with Crippen LogP contribution in [0.1, 0.15) is 31.9 Å². The summed E-state index contributed by atoms with van der Waals surface area (Å²) in [5, 5.41) is 0. The van der Waals surface area contributed by atoms with Gasteiger partial charge in [0.2, 0.25) is 0 Å². The van der Waals surface area contributed by atoms with Crippen LogP contribution in [-0.2, 0) is 46.0 Å². The number of carbonyl (C=O) groups is 2. The molecule has 0 aliphatic rings. The summed E-state index contributed by atoms with van der Waals surface area (Å²) >= 11 is 0. The van der Waals surface area contributed by atoms with Crippen LogP contribution < -0.4 is 9.47 Å². The second-order valence-electron chi connectivity index (χ2n) is 5.33. The third-order valence-corrected chi connectivity index (χ3v) is 4.46. The molecule has 0 fully saturated rings. The Bertz CT molecular complexity index is 819. The quantitative estimate of drug-likeness (QED) is 0.124. The molecule has 2 rings (SSSR count). The molecule has 0 bridgehead atoms. The van der Waals surface area contributed by atoms with E-state index < -0.39 is 13.8 Å². The fraction of sp³-hybridized carbons (Fsp3) is 0.300. The Morgan fingerprint density at radius 1 is 0.900 bits per heavy atom. The van der Waals surface area contributed by atoms with E-state index in [1.807, 2.05) is 13.8 Å². The zero-order chi connectivity index (χ0) is 22.4. The predicted molar refractivity (Wildman–Crippen MR) is 108 cm³/mol. The number of ether oxygens (including phenoxy) is 2. The molecule has 1 unspecified atom stereocenters. The summed E-state index contributed by atoms with van der Waals surface area (Å²) in [5.74, 6) is 0.315. The molecule has 0 aliphatic heterocycles. The van der Waals surface area contributed by atoms with Crippen LogP contribution in [0.2, 0.25) is 0 Å². The van der Waals surface area contributed by atoms with Gasteiger partial charge < -0.3 is 9.47 Å². The van der Waals surface area contributed by atoms with E-state index in [0.717, 1.165) is 0 Å². The number of benzene rings is 2. The first-order chi connectivity index (χ1) is 14.4. The molecule has 0 spiro atoms. The maximum atomic E-state index is 12.6. The van der Waals surface area contributed by atoms with Gasteiger partial charge in [0.25, 0.3) is 6.47 Å². The molecular formula is C20H25O9P. The van der Waals surface area contributed by atoms with Gasteiger partial charge in [0.05, 0.1) is 20.3 Å². The molecule has 1 atom stereocenters. The van der Waals surface area contributed by atoms with Gasteiger partial charge in [-0.1, -0.05) is 38.1 Å². The van der Waals surface area contributed by atoms with Gasteiger partial charge in [-0.25, -0.2) is 9.45 Å². The average Bonchev–Trinajstić information content (AvgIpc) is 2.74. The predicted octanol–water partition coefficient (Wildman–Crippen LogP) is 4.59. The number of carbonyl (C=O) groups excluding carboxylic acids is 2. The van der Waals surface area contributed by atoms with Gasteiger partial charge in [-0.15, -0.1) is 4.67 Å². The van der Waals surface area contributed by atoms with Gasteiger partial charge in [-0.2, -0.15) is 0 Å². The lowest BCUT2D eigenvalue weighted by Gasteiger charge is -2.16. The summed E-state index contributed by atoms with van der Waals surface area (Å²) in [7, 11) is -2.82. The zero-order valence-electron chi connectivity index (χ0n) is 17.2. The Balaban J connectivity index is 0.00000218. The lowest BCUT2D eigenvalue weighted by atomic mass is 10.2. The third kappa shape index (κ3) is 9.30. The van der Waals surface area contributed by atoms with E-state index in [0.29, 0.717) is 29.1 Å². The first-order valence-electron chi connectivity index (χ1n) is 9.02. The molecule has 9 nitrogen and oxygen atoms in total. The van der Waals surface area contributed by atoms with Crippen molar-refractivity contribution in [3.8, 4) is 11.5 Å². The highest BCUT2D eigenvalue weighted by atomic mass is 31.2. The molecule has 30 heavy (non-hydrogen) atoms. The van der Waals surface area contributed by atoms with Crippen LogP contribution in [0.4, 0.5) is 0 Å². The summed E-state index contributed by atoms with van der Waals surface area (Å²) in [6.07, 6.45) is 0. The maximum Gasteiger partial charge on any atom is 0.502 e. The van der Waals surface area contributed by atoms with Gasteiger partial charge in [-0.3, -0.25) is 18.6 Å². The van der Waals surface area contributed by atoms with Crippen molar-refractivity contribution in [3.63, 3.8) is 0 Å². The minimum Gasteiger partial charge on any atom is -0.429 e. The second-order valence-corrected chi connectivity index (χ2v) is 6.89. The van der Waals surface area contributed by atoms with Crippen LogP contribution in [0.15, 0.2) is 48.5 Å². The largest absolute Gasteiger partial charge is 0.502 e. The number of phosphoric acid groups is 1. The zero-order valence-corrected chi connectivity index (χ0v) is 18.1. The molecule has 0 aromatic heterocycles. The molecule has 0 heterocycles. The highest BCUT2D eigenvalue weighted by Crippen LogP contribution is 2.51. The fourth-order valence-electron chi connectivity index (χ4n) is 2.02. The maximum absolute atomic E-state index is 12.6. The normalized spacial score (nSPS) is 12.1. The Morgan fingerprint density at radius 2 is 1.37 bits per heavy atom. The van der Waals surface area contributed by atoms with Crippen LogP contribution >= 0.6 is 7.82 Å². The number of hydrogen-bond acceptors (Lipinski definition) is 9. The minimum absolute atomic E-state index is 0.0899. The van der Waals surface area contributed by atoms with Crippen LogP contribution in [-0.4, -0.2) is 19.6 Å². The SMILES string of the molecule is CC.COOP(=O)(OCc1ccc(OC=O)cc1)OCc1ccc(OC(C)=O)cc1. The molecule has 0 radical (unpaired) electrons. The third-order valence-electron chi connectivity index (χ3n) is 3.24. The number of phosphoric ester groups is 1. The van der Waals surface area contributed by atoms with E-state index in [9.17, 15) is 14.2 Å². The first-order valence-corrected chi connectivity index (χ1v) is 10.5. The first kappa shape index (κ1) is 25.5. The minimum atomic E-state index is -4.00. The van der Waals surface area contributed by atoms with E-state index in [1.54, 1.807) is 48.5 Å². The molecule has 0 amide bonds. The average molecular weight is 440 g/mol. The van der Waals surface area contributed by atoms with E-state index in [-0.39, 0.29) is 13.2 Å². The van der Waals surface area contributed by atoms with Crippen LogP contribution in [0.3, 0.4) is 0 Å².